The first-order valence-corrected chi connectivity index (χ1v) is 7.42. The number of hydrogen-bond donors (Lipinski definition) is 0. The molecule has 19 heavy (non-hydrogen) atoms. The summed E-state index contributed by atoms with van der Waals surface area (Å²) in [5.41, 5.74) is 1.87. The molecule has 0 amide bonds. The SMILES string of the molecule is Cc1nc(OCCCC(C)C)nc2ccc(Br)cc12. The van der Waals surface area contributed by atoms with Crippen LogP contribution >= 0.6 is 15.9 Å². The van der Waals surface area contributed by atoms with Crippen LogP contribution in [0.15, 0.2) is 22.7 Å². The van der Waals surface area contributed by atoms with Crippen LogP contribution < -0.4 is 4.74 Å². The average molecular weight is 323 g/mol. The topological polar surface area (TPSA) is 35.0 Å². The van der Waals surface area contributed by atoms with Gasteiger partial charge in [-0.3, -0.25) is 0 Å². The van der Waals surface area contributed by atoms with E-state index in [9.17, 15) is 0 Å². The standard InChI is InChI=1S/C15H19BrN2O/c1-10(2)5-4-8-19-15-17-11(3)13-9-12(16)6-7-14(13)18-15/h6-7,9-10H,4-5,8H2,1-3H3. The maximum absolute atomic E-state index is 5.64. The minimum atomic E-state index is 0.482. The molecule has 3 nitrogen and oxygen atoms in total. The predicted octanol–water partition coefficient (Wildman–Crippen LogP) is 4.52. The second kappa shape index (κ2) is 6.33. The quantitative estimate of drug-likeness (QED) is 0.759. The van der Waals surface area contributed by atoms with Crippen LogP contribution in [0.4, 0.5) is 0 Å². The molecule has 0 unspecified atom stereocenters. The fraction of sp³-hybridized carbons (Fsp3) is 0.467. The number of nitrogens with zero attached hydrogens (tertiary/aromatic N) is 2. The van der Waals surface area contributed by atoms with Gasteiger partial charge in [0, 0.05) is 9.86 Å². The van der Waals surface area contributed by atoms with Crippen molar-refractivity contribution < 1.29 is 4.74 Å². The van der Waals surface area contributed by atoms with Crippen LogP contribution in [-0.4, -0.2) is 16.6 Å². The summed E-state index contributed by atoms with van der Waals surface area (Å²) in [6.45, 7) is 7.10. The lowest BCUT2D eigenvalue weighted by Gasteiger charge is -2.08. The van der Waals surface area contributed by atoms with Gasteiger partial charge in [-0.25, -0.2) is 0 Å². The Hall–Kier alpha value is -1.16. The van der Waals surface area contributed by atoms with E-state index >= 15 is 0 Å². The molecule has 0 spiro atoms. The summed E-state index contributed by atoms with van der Waals surface area (Å²) in [6.07, 6.45) is 2.21. The molecule has 102 valence electrons. The van der Waals surface area contributed by atoms with Gasteiger partial charge in [-0.05, 0) is 43.9 Å². The highest BCUT2D eigenvalue weighted by Crippen LogP contribution is 2.22. The zero-order chi connectivity index (χ0) is 13.8. The molecule has 0 radical (unpaired) electrons. The predicted molar refractivity (Wildman–Crippen MR) is 81.5 cm³/mol. The number of hydrogen-bond acceptors (Lipinski definition) is 3. The van der Waals surface area contributed by atoms with E-state index in [4.69, 9.17) is 4.74 Å². The van der Waals surface area contributed by atoms with Crippen LogP contribution in [0.5, 0.6) is 6.01 Å². The third kappa shape index (κ3) is 3.90. The number of aromatic nitrogens is 2. The molecular formula is C15H19BrN2O. The largest absolute Gasteiger partial charge is 0.463 e. The van der Waals surface area contributed by atoms with Crippen LogP contribution in [0.25, 0.3) is 10.9 Å². The normalized spacial score (nSPS) is 11.2. The van der Waals surface area contributed by atoms with Crippen LogP contribution in [0.1, 0.15) is 32.4 Å². The number of aryl methyl sites for hydroxylation is 1. The fourth-order valence-corrected chi connectivity index (χ4v) is 2.31. The lowest BCUT2D eigenvalue weighted by molar-refractivity contribution is 0.276. The van der Waals surface area contributed by atoms with E-state index in [-0.39, 0.29) is 0 Å². The molecule has 0 saturated carbocycles. The first-order chi connectivity index (χ1) is 9.06. The van der Waals surface area contributed by atoms with Crippen LogP contribution in [0.3, 0.4) is 0 Å². The molecular weight excluding hydrogens is 304 g/mol. The van der Waals surface area contributed by atoms with Crippen molar-refractivity contribution in [2.24, 2.45) is 5.92 Å². The summed E-state index contributed by atoms with van der Waals surface area (Å²) in [5.74, 6) is 0.709. The summed E-state index contributed by atoms with van der Waals surface area (Å²) >= 11 is 3.46. The lowest BCUT2D eigenvalue weighted by atomic mass is 10.1. The monoisotopic (exact) mass is 322 g/mol. The average Bonchev–Trinajstić information content (AvgIpc) is 2.35. The molecule has 1 aromatic heterocycles. The van der Waals surface area contributed by atoms with Crippen LogP contribution in [0, 0.1) is 12.8 Å². The van der Waals surface area contributed by atoms with E-state index in [0.717, 1.165) is 27.5 Å². The van der Waals surface area contributed by atoms with Gasteiger partial charge in [-0.15, -0.1) is 0 Å². The molecule has 0 bridgehead atoms. The zero-order valence-electron chi connectivity index (χ0n) is 11.6. The Kier molecular flexibility index (Phi) is 4.75. The molecule has 0 aliphatic carbocycles. The van der Waals surface area contributed by atoms with Crippen LogP contribution in [-0.2, 0) is 0 Å². The third-order valence-corrected chi connectivity index (χ3v) is 3.48. The lowest BCUT2D eigenvalue weighted by Crippen LogP contribution is -2.03. The summed E-state index contributed by atoms with van der Waals surface area (Å²) < 4.78 is 6.68. The van der Waals surface area contributed by atoms with Gasteiger partial charge in [-0.2, -0.15) is 9.97 Å². The second-order valence-corrected chi connectivity index (χ2v) is 6.05. The van der Waals surface area contributed by atoms with E-state index in [2.05, 4.69) is 39.7 Å². The molecule has 1 heterocycles. The van der Waals surface area contributed by atoms with Gasteiger partial charge in [0.05, 0.1) is 17.8 Å². The number of fused-ring (bicyclic) bond motifs is 1. The van der Waals surface area contributed by atoms with Gasteiger partial charge in [0.15, 0.2) is 0 Å². The molecule has 0 aliphatic heterocycles. The molecule has 2 rings (SSSR count). The van der Waals surface area contributed by atoms with Crippen LogP contribution in [0.2, 0.25) is 0 Å². The van der Waals surface area contributed by atoms with E-state index in [1.54, 1.807) is 0 Å². The molecule has 1 aromatic carbocycles. The number of benzene rings is 1. The van der Waals surface area contributed by atoms with Gasteiger partial charge >= 0.3 is 6.01 Å². The maximum atomic E-state index is 5.64. The first kappa shape index (κ1) is 14.3. The molecule has 4 heteroatoms. The minimum Gasteiger partial charge on any atom is -0.463 e. The molecule has 0 fully saturated rings. The first-order valence-electron chi connectivity index (χ1n) is 6.63. The molecule has 2 aromatic rings. The second-order valence-electron chi connectivity index (χ2n) is 5.14. The van der Waals surface area contributed by atoms with Gasteiger partial charge in [0.25, 0.3) is 0 Å². The highest BCUT2D eigenvalue weighted by Gasteiger charge is 2.06. The van der Waals surface area contributed by atoms with Crippen molar-refractivity contribution >= 4 is 26.8 Å². The Morgan fingerprint density at radius 2 is 2.05 bits per heavy atom. The van der Waals surface area contributed by atoms with Crippen molar-refractivity contribution in [1.82, 2.24) is 9.97 Å². The number of halogens is 1. The Morgan fingerprint density at radius 3 is 2.79 bits per heavy atom. The van der Waals surface area contributed by atoms with Gasteiger partial charge < -0.3 is 4.74 Å². The Balaban J connectivity index is 2.10. The van der Waals surface area contributed by atoms with Crippen molar-refractivity contribution in [3.63, 3.8) is 0 Å². The Morgan fingerprint density at radius 1 is 1.26 bits per heavy atom. The molecule has 0 saturated heterocycles. The molecule has 0 N–H and O–H groups in total. The fourth-order valence-electron chi connectivity index (χ4n) is 1.95. The Labute approximate surface area is 122 Å². The number of ether oxygens (including phenoxy) is 1. The smallest absolute Gasteiger partial charge is 0.317 e. The third-order valence-electron chi connectivity index (χ3n) is 2.98. The highest BCUT2D eigenvalue weighted by molar-refractivity contribution is 9.10. The Bertz CT molecular complexity index is 569. The summed E-state index contributed by atoms with van der Waals surface area (Å²) in [6, 6.07) is 6.48. The number of rotatable bonds is 5. The molecule has 0 atom stereocenters. The van der Waals surface area contributed by atoms with E-state index in [1.165, 1.54) is 6.42 Å². The van der Waals surface area contributed by atoms with Crippen molar-refractivity contribution in [2.45, 2.75) is 33.6 Å². The van der Waals surface area contributed by atoms with Crippen molar-refractivity contribution in [3.05, 3.63) is 28.4 Å². The van der Waals surface area contributed by atoms with E-state index < -0.39 is 0 Å². The van der Waals surface area contributed by atoms with Gasteiger partial charge in [0.2, 0.25) is 0 Å². The van der Waals surface area contributed by atoms with Gasteiger partial charge in [0.1, 0.15) is 0 Å². The van der Waals surface area contributed by atoms with Crippen molar-refractivity contribution in [2.75, 3.05) is 6.61 Å². The maximum Gasteiger partial charge on any atom is 0.317 e. The highest BCUT2D eigenvalue weighted by atomic mass is 79.9. The van der Waals surface area contributed by atoms with Crippen molar-refractivity contribution in [3.8, 4) is 6.01 Å². The minimum absolute atomic E-state index is 0.482. The summed E-state index contributed by atoms with van der Waals surface area (Å²) in [5, 5.41) is 1.06. The van der Waals surface area contributed by atoms with E-state index in [0.29, 0.717) is 18.5 Å². The zero-order valence-corrected chi connectivity index (χ0v) is 13.2. The van der Waals surface area contributed by atoms with Gasteiger partial charge in [-0.1, -0.05) is 29.8 Å². The van der Waals surface area contributed by atoms with Crippen molar-refractivity contribution in [1.29, 1.82) is 0 Å². The van der Waals surface area contributed by atoms with E-state index in [1.807, 2.05) is 25.1 Å². The summed E-state index contributed by atoms with van der Waals surface area (Å²) in [4.78, 5) is 8.84. The summed E-state index contributed by atoms with van der Waals surface area (Å²) in [7, 11) is 0. The molecule has 0 aliphatic rings.